The summed E-state index contributed by atoms with van der Waals surface area (Å²) in [4.78, 5) is 16.9. The van der Waals surface area contributed by atoms with Gasteiger partial charge < -0.3 is 4.74 Å². The van der Waals surface area contributed by atoms with Gasteiger partial charge in [-0.15, -0.1) is 0 Å². The van der Waals surface area contributed by atoms with Crippen molar-refractivity contribution in [2.24, 2.45) is 11.8 Å². The zero-order chi connectivity index (χ0) is 15.7. The second kappa shape index (κ2) is 6.24. The first-order valence-corrected chi connectivity index (χ1v) is 7.85. The van der Waals surface area contributed by atoms with E-state index in [4.69, 9.17) is 9.57 Å². The molecule has 2 aliphatic carbocycles. The van der Waals surface area contributed by atoms with E-state index < -0.39 is 11.7 Å². The first kappa shape index (κ1) is 15.3. The Morgan fingerprint density at radius 2 is 1.91 bits per heavy atom. The van der Waals surface area contributed by atoms with Crippen molar-refractivity contribution in [3.63, 3.8) is 0 Å². The number of rotatable bonds is 4. The maximum atomic E-state index is 13.9. The molecule has 2 bridgehead atoms. The SMILES string of the molecule is CON(C)C(=O)c1cc(O[C@@H]2C[C@@H]3CC[C@@H](C3)C2)ccc1F. The van der Waals surface area contributed by atoms with Gasteiger partial charge in [-0.3, -0.25) is 9.63 Å². The molecule has 0 N–H and O–H groups in total. The summed E-state index contributed by atoms with van der Waals surface area (Å²) in [7, 11) is 2.82. The number of ether oxygens (including phenoxy) is 1. The van der Waals surface area contributed by atoms with E-state index in [0.717, 1.165) is 29.7 Å². The minimum absolute atomic E-state index is 0.0272. The highest BCUT2D eigenvalue weighted by Crippen LogP contribution is 2.43. The lowest BCUT2D eigenvalue weighted by Crippen LogP contribution is -2.27. The lowest BCUT2D eigenvalue weighted by molar-refractivity contribution is -0.0759. The van der Waals surface area contributed by atoms with Crippen LogP contribution in [0.25, 0.3) is 0 Å². The van der Waals surface area contributed by atoms with E-state index in [1.165, 1.54) is 45.6 Å². The van der Waals surface area contributed by atoms with Crippen LogP contribution in [0.1, 0.15) is 42.5 Å². The number of benzene rings is 1. The van der Waals surface area contributed by atoms with Gasteiger partial charge in [0.2, 0.25) is 0 Å². The van der Waals surface area contributed by atoms with E-state index in [1.54, 1.807) is 6.07 Å². The van der Waals surface area contributed by atoms with Crippen LogP contribution in [0.15, 0.2) is 18.2 Å². The van der Waals surface area contributed by atoms with E-state index in [9.17, 15) is 9.18 Å². The maximum absolute atomic E-state index is 13.9. The topological polar surface area (TPSA) is 38.8 Å². The lowest BCUT2D eigenvalue weighted by Gasteiger charge is -2.28. The van der Waals surface area contributed by atoms with Crippen LogP contribution in [0.3, 0.4) is 0 Å². The van der Waals surface area contributed by atoms with Gasteiger partial charge in [-0.2, -0.15) is 0 Å². The highest BCUT2D eigenvalue weighted by molar-refractivity contribution is 5.94. The van der Waals surface area contributed by atoms with Crippen molar-refractivity contribution in [3.8, 4) is 5.75 Å². The second-order valence-corrected chi connectivity index (χ2v) is 6.38. The third-order valence-corrected chi connectivity index (χ3v) is 4.87. The second-order valence-electron chi connectivity index (χ2n) is 6.38. The molecule has 4 nitrogen and oxygen atoms in total. The monoisotopic (exact) mass is 307 g/mol. The van der Waals surface area contributed by atoms with E-state index >= 15 is 0 Å². The molecule has 5 heteroatoms. The largest absolute Gasteiger partial charge is 0.490 e. The van der Waals surface area contributed by atoms with Gasteiger partial charge in [0, 0.05) is 7.05 Å². The number of carbonyl (C=O) groups excluding carboxylic acids is 1. The Hall–Kier alpha value is -1.62. The smallest absolute Gasteiger partial charge is 0.280 e. The molecule has 0 heterocycles. The van der Waals surface area contributed by atoms with Gasteiger partial charge in [0.1, 0.15) is 11.6 Å². The van der Waals surface area contributed by atoms with Gasteiger partial charge in [-0.1, -0.05) is 12.8 Å². The van der Waals surface area contributed by atoms with Crippen molar-refractivity contribution in [3.05, 3.63) is 29.6 Å². The standard InChI is InChI=1S/C17H22FNO3/c1-19(21-2)17(20)15-10-13(5-6-16(15)18)22-14-8-11-3-4-12(7-11)9-14/h5-6,10-12,14H,3-4,7-9H2,1-2H3/t11-,12+,14-. The summed E-state index contributed by atoms with van der Waals surface area (Å²) in [6.07, 6.45) is 6.24. The van der Waals surface area contributed by atoms with Gasteiger partial charge in [0.15, 0.2) is 0 Å². The van der Waals surface area contributed by atoms with Gasteiger partial charge in [-0.05, 0) is 49.3 Å². The molecule has 2 fully saturated rings. The normalized spacial score (nSPS) is 26.8. The molecule has 1 amide bonds. The van der Waals surface area contributed by atoms with E-state index in [1.807, 2.05) is 0 Å². The van der Waals surface area contributed by atoms with Crippen molar-refractivity contribution >= 4 is 5.91 Å². The summed E-state index contributed by atoms with van der Waals surface area (Å²) in [5.74, 6) is 1.01. The molecule has 1 aromatic rings. The molecule has 0 radical (unpaired) electrons. The maximum Gasteiger partial charge on any atom is 0.280 e. The fourth-order valence-electron chi connectivity index (χ4n) is 3.73. The summed E-state index contributed by atoms with van der Waals surface area (Å²) >= 11 is 0. The van der Waals surface area contributed by atoms with Gasteiger partial charge >= 0.3 is 0 Å². The number of fused-ring (bicyclic) bond motifs is 2. The lowest BCUT2D eigenvalue weighted by atomic mass is 9.87. The predicted molar refractivity (Wildman–Crippen MR) is 80.0 cm³/mol. The molecule has 0 aliphatic heterocycles. The van der Waals surface area contributed by atoms with Gasteiger partial charge in [0.05, 0.1) is 18.8 Å². The van der Waals surface area contributed by atoms with Crippen LogP contribution in [0.2, 0.25) is 0 Å². The Balaban J connectivity index is 1.73. The molecule has 2 aliphatic rings. The number of halogens is 1. The Labute approximate surface area is 130 Å². The number of hydrogen-bond donors (Lipinski definition) is 0. The molecule has 2 saturated carbocycles. The van der Waals surface area contributed by atoms with E-state index in [0.29, 0.717) is 5.75 Å². The summed E-state index contributed by atoms with van der Waals surface area (Å²) in [5.41, 5.74) is -0.0272. The zero-order valence-corrected chi connectivity index (χ0v) is 13.0. The molecule has 1 aromatic carbocycles. The Morgan fingerprint density at radius 1 is 1.23 bits per heavy atom. The average molecular weight is 307 g/mol. The van der Waals surface area contributed by atoms with Gasteiger partial charge in [-0.25, -0.2) is 9.45 Å². The number of hydrogen-bond acceptors (Lipinski definition) is 3. The third-order valence-electron chi connectivity index (χ3n) is 4.87. The van der Waals surface area contributed by atoms with Crippen LogP contribution >= 0.6 is 0 Å². The van der Waals surface area contributed by atoms with Gasteiger partial charge in [0.25, 0.3) is 5.91 Å². The third kappa shape index (κ3) is 3.09. The fourth-order valence-corrected chi connectivity index (χ4v) is 3.73. The van der Waals surface area contributed by atoms with Crippen LogP contribution < -0.4 is 4.74 Å². The molecule has 3 atom stereocenters. The number of nitrogens with zero attached hydrogens (tertiary/aromatic N) is 1. The van der Waals surface area contributed by atoms with Crippen molar-refractivity contribution in [2.45, 2.75) is 38.2 Å². The minimum Gasteiger partial charge on any atom is -0.490 e. The minimum atomic E-state index is -0.565. The summed E-state index contributed by atoms with van der Waals surface area (Å²) < 4.78 is 19.9. The first-order valence-electron chi connectivity index (χ1n) is 7.85. The van der Waals surface area contributed by atoms with Crippen molar-refractivity contribution in [2.75, 3.05) is 14.2 Å². The van der Waals surface area contributed by atoms with Crippen molar-refractivity contribution < 1.29 is 18.8 Å². The van der Waals surface area contributed by atoms with Crippen molar-refractivity contribution in [1.82, 2.24) is 5.06 Å². The van der Waals surface area contributed by atoms with Crippen LogP contribution in [-0.2, 0) is 4.84 Å². The molecular formula is C17H22FNO3. The fraction of sp³-hybridized carbons (Fsp3) is 0.588. The quantitative estimate of drug-likeness (QED) is 0.800. The molecule has 0 saturated heterocycles. The summed E-state index contributed by atoms with van der Waals surface area (Å²) in [6.45, 7) is 0. The highest BCUT2D eigenvalue weighted by atomic mass is 19.1. The van der Waals surface area contributed by atoms with Crippen molar-refractivity contribution in [1.29, 1.82) is 0 Å². The van der Waals surface area contributed by atoms with E-state index in [-0.39, 0.29) is 11.7 Å². The molecule has 0 spiro atoms. The highest BCUT2D eigenvalue weighted by Gasteiger charge is 2.35. The number of carbonyl (C=O) groups is 1. The Kier molecular flexibility index (Phi) is 4.34. The molecule has 22 heavy (non-hydrogen) atoms. The summed E-state index contributed by atoms with van der Waals surface area (Å²) in [5, 5.41) is 1.00. The molecular weight excluding hydrogens is 285 g/mol. The molecule has 0 aromatic heterocycles. The summed E-state index contributed by atoms with van der Waals surface area (Å²) in [6, 6.07) is 4.35. The zero-order valence-electron chi connectivity index (χ0n) is 13.0. The van der Waals surface area contributed by atoms with Crippen LogP contribution in [0, 0.1) is 17.7 Å². The van der Waals surface area contributed by atoms with Crippen LogP contribution in [0.4, 0.5) is 4.39 Å². The molecule has 120 valence electrons. The Morgan fingerprint density at radius 3 is 2.55 bits per heavy atom. The Bertz CT molecular complexity index is 551. The molecule has 3 rings (SSSR count). The van der Waals surface area contributed by atoms with Crippen LogP contribution in [-0.4, -0.2) is 31.2 Å². The number of hydroxylamine groups is 2. The van der Waals surface area contributed by atoms with Crippen LogP contribution in [0.5, 0.6) is 5.75 Å². The molecule has 0 unspecified atom stereocenters. The van der Waals surface area contributed by atoms with E-state index in [2.05, 4.69) is 0 Å². The first-order chi connectivity index (χ1) is 10.6. The average Bonchev–Trinajstić information content (AvgIpc) is 2.86. The predicted octanol–water partition coefficient (Wildman–Crippen LogP) is 3.42. The number of amides is 1.